The summed E-state index contributed by atoms with van der Waals surface area (Å²) in [5.74, 6) is -0.835. The van der Waals surface area contributed by atoms with Crippen LogP contribution in [-0.2, 0) is 6.42 Å². The molecule has 0 radical (unpaired) electrons. The van der Waals surface area contributed by atoms with Crippen LogP contribution in [0.5, 0.6) is 0 Å². The highest BCUT2D eigenvalue weighted by Gasteiger charge is 2.22. The van der Waals surface area contributed by atoms with Crippen molar-refractivity contribution in [1.29, 1.82) is 0 Å². The molecule has 1 aliphatic rings. The zero-order chi connectivity index (χ0) is 13.4. The first-order valence-corrected chi connectivity index (χ1v) is 7.76. The average molecular weight is 278 g/mol. The van der Waals surface area contributed by atoms with Crippen molar-refractivity contribution < 1.29 is 9.90 Å². The summed E-state index contributed by atoms with van der Waals surface area (Å²) < 4.78 is 2.10. The number of nitrogens with zero attached hydrogens (tertiary/aromatic N) is 2. The Morgan fingerprint density at radius 3 is 2.84 bits per heavy atom. The third-order valence-electron chi connectivity index (χ3n) is 3.93. The van der Waals surface area contributed by atoms with E-state index in [-0.39, 0.29) is 0 Å². The van der Waals surface area contributed by atoms with Gasteiger partial charge in [0.05, 0.1) is 11.7 Å². The van der Waals surface area contributed by atoms with Gasteiger partial charge in [-0.1, -0.05) is 26.2 Å². The molecule has 5 heteroatoms. The number of aryl methyl sites for hydroxylation is 1. The number of fused-ring (bicyclic) bond motifs is 1. The number of aromatic nitrogens is 2. The smallest absolute Gasteiger partial charge is 0.345 e. The van der Waals surface area contributed by atoms with E-state index in [9.17, 15) is 4.79 Å². The van der Waals surface area contributed by atoms with Gasteiger partial charge in [0.15, 0.2) is 0 Å². The predicted molar refractivity (Wildman–Crippen MR) is 76.1 cm³/mol. The van der Waals surface area contributed by atoms with Gasteiger partial charge in [-0.05, 0) is 25.3 Å². The van der Waals surface area contributed by atoms with Crippen molar-refractivity contribution in [3.05, 3.63) is 16.6 Å². The van der Waals surface area contributed by atoms with Gasteiger partial charge in [0.25, 0.3) is 0 Å². The van der Waals surface area contributed by atoms with E-state index >= 15 is 0 Å². The monoisotopic (exact) mass is 278 g/mol. The zero-order valence-electron chi connectivity index (χ0n) is 11.1. The molecule has 0 aromatic carbocycles. The van der Waals surface area contributed by atoms with Gasteiger partial charge < -0.3 is 5.11 Å². The van der Waals surface area contributed by atoms with Crippen molar-refractivity contribution in [2.24, 2.45) is 0 Å². The number of aromatic carboxylic acids is 1. The molecule has 0 spiro atoms. The van der Waals surface area contributed by atoms with Gasteiger partial charge in [-0.3, -0.25) is 4.68 Å². The predicted octanol–water partition coefficient (Wildman–Crippen LogP) is 3.86. The number of hydrogen-bond acceptors (Lipinski definition) is 3. The fraction of sp³-hybridized carbons (Fsp3) is 0.571. The van der Waals surface area contributed by atoms with E-state index in [1.807, 2.05) is 0 Å². The number of thiophene rings is 1. The molecule has 0 bridgehead atoms. The molecule has 2 heterocycles. The van der Waals surface area contributed by atoms with Crippen LogP contribution in [0.15, 0.2) is 6.07 Å². The van der Waals surface area contributed by atoms with Crippen molar-refractivity contribution in [1.82, 2.24) is 9.78 Å². The first-order valence-electron chi connectivity index (χ1n) is 6.95. The van der Waals surface area contributed by atoms with E-state index in [0.717, 1.165) is 22.3 Å². The third kappa shape index (κ3) is 2.16. The highest BCUT2D eigenvalue weighted by molar-refractivity contribution is 7.20. The summed E-state index contributed by atoms with van der Waals surface area (Å²) in [5.41, 5.74) is 1.03. The maximum Gasteiger partial charge on any atom is 0.345 e. The normalized spacial score (nSPS) is 17.1. The van der Waals surface area contributed by atoms with Crippen LogP contribution in [-0.4, -0.2) is 20.9 Å². The van der Waals surface area contributed by atoms with Crippen LogP contribution in [0, 0.1) is 0 Å². The lowest BCUT2D eigenvalue weighted by Gasteiger charge is -2.22. The molecule has 0 amide bonds. The largest absolute Gasteiger partial charge is 0.477 e. The average Bonchev–Trinajstić information content (AvgIpc) is 2.98. The number of carboxylic acids is 1. The molecule has 102 valence electrons. The van der Waals surface area contributed by atoms with Crippen molar-refractivity contribution in [2.75, 3.05) is 0 Å². The van der Waals surface area contributed by atoms with E-state index in [0.29, 0.717) is 10.9 Å². The Labute approximate surface area is 116 Å². The Kier molecular flexibility index (Phi) is 3.31. The van der Waals surface area contributed by atoms with Crippen molar-refractivity contribution in [3.63, 3.8) is 0 Å². The van der Waals surface area contributed by atoms with Crippen LogP contribution >= 0.6 is 11.3 Å². The number of carbonyl (C=O) groups is 1. The summed E-state index contributed by atoms with van der Waals surface area (Å²) in [6.45, 7) is 2.07. The summed E-state index contributed by atoms with van der Waals surface area (Å²) in [6, 6.07) is 2.24. The molecule has 0 atom stereocenters. The maximum absolute atomic E-state index is 11.1. The van der Waals surface area contributed by atoms with Gasteiger partial charge in [-0.2, -0.15) is 5.10 Å². The van der Waals surface area contributed by atoms with Crippen LogP contribution in [0.1, 0.15) is 60.4 Å². The standard InChI is InChI=1S/C14H18N2O2S/c1-2-11-10-8-12(14(17)18)19-13(10)16(15-11)9-6-4-3-5-7-9/h8-9H,2-7H2,1H3,(H,17,18). The van der Waals surface area contributed by atoms with Gasteiger partial charge in [-0.15, -0.1) is 11.3 Å². The quantitative estimate of drug-likeness (QED) is 0.927. The van der Waals surface area contributed by atoms with E-state index in [1.165, 1.54) is 43.4 Å². The van der Waals surface area contributed by atoms with Gasteiger partial charge in [-0.25, -0.2) is 4.79 Å². The first-order chi connectivity index (χ1) is 9.20. The van der Waals surface area contributed by atoms with Crippen LogP contribution in [0.4, 0.5) is 0 Å². The van der Waals surface area contributed by atoms with Crippen LogP contribution < -0.4 is 0 Å². The number of rotatable bonds is 3. The minimum atomic E-state index is -0.835. The van der Waals surface area contributed by atoms with E-state index in [1.54, 1.807) is 6.07 Å². The molecule has 19 heavy (non-hydrogen) atoms. The summed E-state index contributed by atoms with van der Waals surface area (Å²) in [5, 5.41) is 14.9. The highest BCUT2D eigenvalue weighted by atomic mass is 32.1. The molecule has 2 aromatic rings. The van der Waals surface area contributed by atoms with E-state index in [4.69, 9.17) is 10.2 Å². The molecule has 0 aliphatic heterocycles. The Morgan fingerprint density at radius 1 is 1.47 bits per heavy atom. The molecular weight excluding hydrogens is 260 g/mol. The summed E-state index contributed by atoms with van der Waals surface area (Å²) in [7, 11) is 0. The molecule has 3 rings (SSSR count). The Balaban J connectivity index is 2.09. The second-order valence-corrected chi connectivity index (χ2v) is 6.20. The summed E-state index contributed by atoms with van der Waals surface area (Å²) in [6.07, 6.45) is 7.01. The molecule has 1 fully saturated rings. The van der Waals surface area contributed by atoms with Crippen molar-refractivity contribution >= 4 is 27.5 Å². The Bertz CT molecular complexity index is 608. The van der Waals surface area contributed by atoms with Crippen molar-refractivity contribution in [2.45, 2.75) is 51.5 Å². The molecule has 2 aromatic heterocycles. The second kappa shape index (κ2) is 4.96. The first kappa shape index (κ1) is 12.7. The van der Waals surface area contributed by atoms with Crippen molar-refractivity contribution in [3.8, 4) is 0 Å². The third-order valence-corrected chi connectivity index (χ3v) is 5.04. The Hall–Kier alpha value is -1.36. The molecule has 1 saturated carbocycles. The summed E-state index contributed by atoms with van der Waals surface area (Å²) >= 11 is 1.36. The molecular formula is C14H18N2O2S. The second-order valence-electron chi connectivity index (χ2n) is 5.17. The molecule has 0 saturated heterocycles. The fourth-order valence-corrected chi connectivity index (χ4v) is 3.97. The number of carboxylic acid groups (broad SMARTS) is 1. The molecule has 1 aliphatic carbocycles. The lowest BCUT2D eigenvalue weighted by Crippen LogP contribution is -2.13. The van der Waals surface area contributed by atoms with E-state index in [2.05, 4.69) is 11.6 Å². The molecule has 1 N–H and O–H groups in total. The summed E-state index contributed by atoms with van der Waals surface area (Å²) in [4.78, 5) is 12.6. The number of hydrogen-bond donors (Lipinski definition) is 1. The minimum Gasteiger partial charge on any atom is -0.477 e. The minimum absolute atomic E-state index is 0.423. The lowest BCUT2D eigenvalue weighted by atomic mass is 9.96. The molecule has 4 nitrogen and oxygen atoms in total. The van der Waals surface area contributed by atoms with Crippen LogP contribution in [0.25, 0.3) is 10.2 Å². The van der Waals surface area contributed by atoms with E-state index < -0.39 is 5.97 Å². The zero-order valence-corrected chi connectivity index (χ0v) is 11.9. The SMILES string of the molecule is CCc1nn(C2CCCCC2)c2sc(C(=O)O)cc12. The Morgan fingerprint density at radius 2 is 2.21 bits per heavy atom. The van der Waals surface area contributed by atoms with Gasteiger partial charge in [0.1, 0.15) is 9.71 Å². The van der Waals surface area contributed by atoms with Gasteiger partial charge in [0.2, 0.25) is 0 Å². The van der Waals surface area contributed by atoms with Crippen LogP contribution in [0.3, 0.4) is 0 Å². The van der Waals surface area contributed by atoms with Gasteiger partial charge in [0, 0.05) is 5.39 Å². The molecule has 0 unspecified atom stereocenters. The highest BCUT2D eigenvalue weighted by Crippen LogP contribution is 2.35. The maximum atomic E-state index is 11.1. The van der Waals surface area contributed by atoms with Crippen LogP contribution in [0.2, 0.25) is 0 Å². The fourth-order valence-electron chi connectivity index (χ4n) is 2.93. The topological polar surface area (TPSA) is 55.1 Å². The lowest BCUT2D eigenvalue weighted by molar-refractivity contribution is 0.0702. The van der Waals surface area contributed by atoms with Gasteiger partial charge >= 0.3 is 5.97 Å².